The molecule has 0 saturated heterocycles. The van der Waals surface area contributed by atoms with Crippen LogP contribution in [0, 0.1) is 12.3 Å². The Kier molecular flexibility index (Phi) is 16.1. The Balaban J connectivity index is 3.71. The SMILES string of the molecule is C#C[C@@H](C[C@@H](OCc1ccc(OC)cc1)[C@@](C)(/C=C/C(CC=C)OC(=O)C=C)O[Si](CC)(CC)CC)O[Si](C)(C)C(C)(C)C. The van der Waals surface area contributed by atoms with Crippen molar-refractivity contribution >= 4 is 22.6 Å². The first-order valence-corrected chi connectivity index (χ1v) is 21.2. The standard InChI is InChI=1S/C36H58O6Si2/c1-14-20-32(40-34(37)16-3)25-26-36(10,42-44(17-4,18-5)19-6)33(39-28-29-21-23-31(38-11)24-22-29)27-30(15-2)41-43(12,13)35(7,8)9/h2,14,16,21-26,30,32-33H,1,3,17-20,27-28H2,4-13H3/b26-25+/t30-,32?,33+,36+/m0/s1. The molecule has 8 heteroatoms. The molecule has 0 aromatic heterocycles. The third kappa shape index (κ3) is 11.8. The summed E-state index contributed by atoms with van der Waals surface area (Å²) in [6.45, 7) is 27.4. The van der Waals surface area contributed by atoms with E-state index < -0.39 is 46.5 Å². The van der Waals surface area contributed by atoms with Crippen molar-refractivity contribution in [3.63, 3.8) is 0 Å². The second kappa shape index (κ2) is 17.9. The minimum absolute atomic E-state index is 0.0110. The van der Waals surface area contributed by atoms with E-state index in [-0.39, 0.29) is 5.04 Å². The summed E-state index contributed by atoms with van der Waals surface area (Å²) < 4.78 is 31.7. The third-order valence-electron chi connectivity index (χ3n) is 8.95. The van der Waals surface area contributed by atoms with Crippen molar-refractivity contribution in [1.29, 1.82) is 0 Å². The van der Waals surface area contributed by atoms with E-state index in [2.05, 4.69) is 80.6 Å². The summed E-state index contributed by atoms with van der Waals surface area (Å²) in [4.78, 5) is 12.1. The van der Waals surface area contributed by atoms with Crippen molar-refractivity contribution in [3.8, 4) is 18.1 Å². The molecule has 246 valence electrons. The smallest absolute Gasteiger partial charge is 0.330 e. The van der Waals surface area contributed by atoms with E-state index in [1.165, 1.54) is 6.08 Å². The van der Waals surface area contributed by atoms with Crippen LogP contribution < -0.4 is 4.74 Å². The van der Waals surface area contributed by atoms with Crippen LogP contribution in [0.15, 0.2) is 61.7 Å². The molecule has 0 amide bonds. The lowest BCUT2D eigenvalue weighted by molar-refractivity contribution is -0.140. The Bertz CT molecular complexity index is 1100. The van der Waals surface area contributed by atoms with E-state index in [1.807, 2.05) is 36.4 Å². The van der Waals surface area contributed by atoms with Crippen LogP contribution in [-0.4, -0.2) is 53.6 Å². The fourth-order valence-electron chi connectivity index (χ4n) is 4.73. The van der Waals surface area contributed by atoms with Gasteiger partial charge >= 0.3 is 5.97 Å². The molecular weight excluding hydrogens is 585 g/mol. The van der Waals surface area contributed by atoms with Gasteiger partial charge in [0.05, 0.1) is 25.4 Å². The molecule has 0 bridgehead atoms. The Labute approximate surface area is 270 Å². The average molecular weight is 643 g/mol. The zero-order valence-electron chi connectivity index (χ0n) is 29.0. The molecule has 4 atom stereocenters. The normalized spacial score (nSPS) is 15.9. The predicted molar refractivity (Wildman–Crippen MR) is 188 cm³/mol. The first kappa shape index (κ1) is 39.6. The van der Waals surface area contributed by atoms with E-state index in [0.29, 0.717) is 19.4 Å². The van der Waals surface area contributed by atoms with Crippen LogP contribution in [-0.2, 0) is 29.7 Å². The van der Waals surface area contributed by atoms with Gasteiger partial charge in [-0.2, -0.15) is 0 Å². The van der Waals surface area contributed by atoms with Crippen molar-refractivity contribution in [2.75, 3.05) is 7.11 Å². The zero-order valence-corrected chi connectivity index (χ0v) is 31.0. The van der Waals surface area contributed by atoms with Gasteiger partial charge in [-0.15, -0.1) is 13.0 Å². The quantitative estimate of drug-likeness (QED) is 0.0465. The molecule has 0 N–H and O–H groups in total. The van der Waals surface area contributed by atoms with Crippen LogP contribution in [0.4, 0.5) is 0 Å². The van der Waals surface area contributed by atoms with Gasteiger partial charge < -0.3 is 23.1 Å². The molecule has 6 nitrogen and oxygen atoms in total. The molecule has 0 spiro atoms. The maximum absolute atomic E-state index is 12.1. The van der Waals surface area contributed by atoms with Crippen LogP contribution in [0.1, 0.15) is 66.9 Å². The summed E-state index contributed by atoms with van der Waals surface area (Å²) in [5.41, 5.74) is 0.103. The lowest BCUT2D eigenvalue weighted by Gasteiger charge is -2.45. The number of methoxy groups -OCH3 is 1. The molecule has 0 aliphatic rings. The topological polar surface area (TPSA) is 63.2 Å². The highest BCUT2D eigenvalue weighted by Gasteiger charge is 2.45. The number of esters is 1. The average Bonchev–Trinajstić information content (AvgIpc) is 2.99. The van der Waals surface area contributed by atoms with Gasteiger partial charge in [-0.3, -0.25) is 0 Å². The maximum Gasteiger partial charge on any atom is 0.330 e. The van der Waals surface area contributed by atoms with Crippen LogP contribution >= 0.6 is 0 Å². The number of carbonyl (C=O) groups excluding carboxylic acids is 1. The van der Waals surface area contributed by atoms with Crippen LogP contribution in [0.3, 0.4) is 0 Å². The molecule has 0 aliphatic heterocycles. The minimum atomic E-state index is -2.19. The molecule has 1 aromatic carbocycles. The highest BCUT2D eigenvalue weighted by atomic mass is 28.4. The first-order valence-electron chi connectivity index (χ1n) is 15.8. The van der Waals surface area contributed by atoms with Crippen molar-refractivity contribution < 1.29 is 27.9 Å². The Morgan fingerprint density at radius 3 is 2.09 bits per heavy atom. The van der Waals surface area contributed by atoms with Gasteiger partial charge in [-0.05, 0) is 67.0 Å². The summed E-state index contributed by atoms with van der Waals surface area (Å²) in [7, 11) is -2.72. The predicted octanol–water partition coefficient (Wildman–Crippen LogP) is 9.00. The second-order valence-electron chi connectivity index (χ2n) is 13.0. The Morgan fingerprint density at radius 2 is 1.64 bits per heavy atom. The molecule has 0 fully saturated rings. The molecule has 0 radical (unpaired) electrons. The van der Waals surface area contributed by atoms with Gasteiger partial charge in [0.1, 0.15) is 18.0 Å². The van der Waals surface area contributed by atoms with Crippen molar-refractivity contribution in [1.82, 2.24) is 0 Å². The van der Waals surface area contributed by atoms with Gasteiger partial charge in [-0.25, -0.2) is 4.79 Å². The molecule has 0 aliphatic carbocycles. The summed E-state index contributed by atoms with van der Waals surface area (Å²) in [6.07, 6.45) is 12.3. The number of terminal acetylenes is 1. The Hall–Kier alpha value is -2.42. The number of rotatable bonds is 20. The molecular formula is C36H58O6Si2. The zero-order chi connectivity index (χ0) is 33.6. The summed E-state index contributed by atoms with van der Waals surface area (Å²) in [5, 5.41) is -0.0110. The van der Waals surface area contributed by atoms with Gasteiger partial charge in [-0.1, -0.05) is 78.3 Å². The summed E-state index contributed by atoms with van der Waals surface area (Å²) >= 11 is 0. The van der Waals surface area contributed by atoms with Gasteiger partial charge in [0, 0.05) is 18.9 Å². The molecule has 44 heavy (non-hydrogen) atoms. The van der Waals surface area contributed by atoms with Crippen LogP contribution in [0.2, 0.25) is 36.3 Å². The largest absolute Gasteiger partial charge is 0.497 e. The van der Waals surface area contributed by atoms with Crippen LogP contribution in [0.25, 0.3) is 0 Å². The van der Waals surface area contributed by atoms with E-state index >= 15 is 0 Å². The highest BCUT2D eigenvalue weighted by Crippen LogP contribution is 2.39. The van der Waals surface area contributed by atoms with E-state index in [1.54, 1.807) is 13.2 Å². The Morgan fingerprint density at radius 1 is 1.05 bits per heavy atom. The van der Waals surface area contributed by atoms with E-state index in [0.717, 1.165) is 29.4 Å². The van der Waals surface area contributed by atoms with E-state index in [9.17, 15) is 4.79 Å². The molecule has 0 heterocycles. The van der Waals surface area contributed by atoms with Gasteiger partial charge in [0.2, 0.25) is 0 Å². The monoisotopic (exact) mass is 642 g/mol. The van der Waals surface area contributed by atoms with E-state index in [4.69, 9.17) is 29.5 Å². The number of carbonyl (C=O) groups is 1. The molecule has 1 unspecified atom stereocenters. The lowest BCUT2D eigenvalue weighted by atomic mass is 9.92. The number of hydrogen-bond donors (Lipinski definition) is 0. The fraction of sp³-hybridized carbons (Fsp3) is 0.583. The molecule has 1 rings (SSSR count). The number of benzene rings is 1. The van der Waals surface area contributed by atoms with Crippen molar-refractivity contribution in [2.45, 2.75) is 128 Å². The minimum Gasteiger partial charge on any atom is -0.497 e. The van der Waals surface area contributed by atoms with Gasteiger partial charge in [0.15, 0.2) is 16.6 Å². The molecule has 0 saturated carbocycles. The van der Waals surface area contributed by atoms with Gasteiger partial charge in [0.25, 0.3) is 0 Å². The third-order valence-corrected chi connectivity index (χ3v) is 18.2. The number of ether oxygens (including phenoxy) is 3. The second-order valence-corrected chi connectivity index (χ2v) is 22.5. The van der Waals surface area contributed by atoms with Crippen molar-refractivity contribution in [2.24, 2.45) is 0 Å². The molecule has 1 aromatic rings. The lowest BCUT2D eigenvalue weighted by Crippen LogP contribution is -2.53. The summed E-state index contributed by atoms with van der Waals surface area (Å²) in [6, 6.07) is 10.7. The fourth-order valence-corrected chi connectivity index (χ4v) is 9.02. The number of hydrogen-bond acceptors (Lipinski definition) is 6. The summed E-state index contributed by atoms with van der Waals surface area (Å²) in [5.74, 6) is 3.21. The highest BCUT2D eigenvalue weighted by molar-refractivity contribution is 6.74. The maximum atomic E-state index is 12.1. The van der Waals surface area contributed by atoms with Crippen molar-refractivity contribution in [3.05, 3.63) is 67.3 Å². The first-order chi connectivity index (χ1) is 20.6. The van der Waals surface area contributed by atoms with Crippen LogP contribution in [0.5, 0.6) is 5.75 Å².